The van der Waals surface area contributed by atoms with Crippen molar-refractivity contribution in [3.05, 3.63) is 71.8 Å². The molecule has 1 amide bonds. The third-order valence-electron chi connectivity index (χ3n) is 9.03. The Balaban J connectivity index is 1.49. The molecular formula is C29H39NO4. The molecule has 0 aromatic heterocycles. The van der Waals surface area contributed by atoms with Gasteiger partial charge in [0.05, 0.1) is 18.8 Å². The van der Waals surface area contributed by atoms with Gasteiger partial charge in [0.1, 0.15) is 0 Å². The van der Waals surface area contributed by atoms with Crippen LogP contribution in [0.4, 0.5) is 0 Å². The molecule has 0 radical (unpaired) electrons. The number of carbonyl (C=O) groups is 1. The molecule has 2 aliphatic rings. The zero-order valence-corrected chi connectivity index (χ0v) is 20.4. The summed E-state index contributed by atoms with van der Waals surface area (Å²) in [4.78, 5) is 13.2. The number of hydrogen-bond donors (Lipinski definition) is 4. The highest BCUT2D eigenvalue weighted by Gasteiger charge is 2.59. The highest BCUT2D eigenvalue weighted by atomic mass is 16.3. The second kappa shape index (κ2) is 10.2. The zero-order chi connectivity index (χ0) is 24.3. The normalized spacial score (nSPS) is 33.4. The van der Waals surface area contributed by atoms with Gasteiger partial charge < -0.3 is 20.6 Å². The van der Waals surface area contributed by atoms with Gasteiger partial charge in [0, 0.05) is 24.3 Å². The Bertz CT molecular complexity index is 912. The second-order valence-electron chi connectivity index (χ2n) is 10.9. The summed E-state index contributed by atoms with van der Waals surface area (Å²) < 4.78 is 0. The van der Waals surface area contributed by atoms with Crippen LogP contribution in [-0.2, 0) is 4.79 Å². The summed E-state index contributed by atoms with van der Waals surface area (Å²) in [5.74, 6) is -0.138. The van der Waals surface area contributed by atoms with E-state index in [4.69, 9.17) is 0 Å². The number of fused-ring (bicyclic) bond motifs is 1. The summed E-state index contributed by atoms with van der Waals surface area (Å²) in [5.41, 5.74) is 1.40. The van der Waals surface area contributed by atoms with E-state index in [0.717, 1.165) is 24.0 Å². The molecule has 34 heavy (non-hydrogen) atoms. The SMILES string of the molecule is C[C@]1(CO)[C@@H]2CC[C@@H](O)[C@@H](CC(=O)NCC(c3ccccc3)c3ccccc3)[C@]2(C)CC[C@H]1O. The van der Waals surface area contributed by atoms with E-state index >= 15 is 0 Å². The lowest BCUT2D eigenvalue weighted by Crippen LogP contribution is -2.60. The summed E-state index contributed by atoms with van der Waals surface area (Å²) in [6, 6.07) is 20.4. The maximum atomic E-state index is 13.2. The van der Waals surface area contributed by atoms with E-state index in [1.807, 2.05) is 43.3 Å². The van der Waals surface area contributed by atoms with Crippen molar-refractivity contribution in [3.8, 4) is 0 Å². The summed E-state index contributed by atoms with van der Waals surface area (Å²) in [7, 11) is 0. The zero-order valence-electron chi connectivity index (χ0n) is 20.4. The molecule has 2 aliphatic carbocycles. The fourth-order valence-corrected chi connectivity index (χ4v) is 6.89. The molecule has 0 unspecified atom stereocenters. The van der Waals surface area contributed by atoms with Crippen molar-refractivity contribution < 1.29 is 20.1 Å². The van der Waals surface area contributed by atoms with E-state index in [9.17, 15) is 20.1 Å². The smallest absolute Gasteiger partial charge is 0.220 e. The number of hydrogen-bond acceptors (Lipinski definition) is 4. The molecule has 0 saturated heterocycles. The predicted molar refractivity (Wildman–Crippen MR) is 133 cm³/mol. The summed E-state index contributed by atoms with van der Waals surface area (Å²) >= 11 is 0. The van der Waals surface area contributed by atoms with Gasteiger partial charge in [-0.3, -0.25) is 4.79 Å². The highest BCUT2D eigenvalue weighted by Crippen LogP contribution is 2.60. The number of aliphatic hydroxyl groups is 3. The Kier molecular flexibility index (Phi) is 7.46. The van der Waals surface area contributed by atoms with Gasteiger partial charge in [0.2, 0.25) is 5.91 Å². The van der Waals surface area contributed by atoms with Gasteiger partial charge >= 0.3 is 0 Å². The van der Waals surface area contributed by atoms with Gasteiger partial charge in [-0.2, -0.15) is 0 Å². The summed E-state index contributed by atoms with van der Waals surface area (Å²) in [5, 5.41) is 35.0. The fraction of sp³-hybridized carbons (Fsp3) is 0.552. The van der Waals surface area contributed by atoms with E-state index in [1.54, 1.807) is 0 Å². The van der Waals surface area contributed by atoms with E-state index in [1.165, 1.54) is 0 Å². The first-order valence-corrected chi connectivity index (χ1v) is 12.6. The Labute approximate surface area is 203 Å². The Morgan fingerprint density at radius 2 is 1.56 bits per heavy atom. The number of nitrogens with one attached hydrogen (secondary N) is 1. The molecule has 2 saturated carbocycles. The molecule has 5 nitrogen and oxygen atoms in total. The Morgan fingerprint density at radius 3 is 2.12 bits per heavy atom. The predicted octanol–water partition coefficient (Wildman–Crippen LogP) is 3.87. The van der Waals surface area contributed by atoms with Gasteiger partial charge in [0.15, 0.2) is 0 Å². The van der Waals surface area contributed by atoms with Crippen LogP contribution in [0.1, 0.15) is 63.0 Å². The lowest BCUT2D eigenvalue weighted by atomic mass is 9.46. The number of carbonyl (C=O) groups excluding carboxylic acids is 1. The number of rotatable bonds is 7. The topological polar surface area (TPSA) is 89.8 Å². The molecule has 5 heteroatoms. The van der Waals surface area contributed by atoms with Crippen molar-refractivity contribution in [1.82, 2.24) is 5.32 Å². The van der Waals surface area contributed by atoms with Crippen LogP contribution in [0.15, 0.2) is 60.7 Å². The number of amides is 1. The van der Waals surface area contributed by atoms with Gasteiger partial charge in [-0.25, -0.2) is 0 Å². The lowest BCUT2D eigenvalue weighted by molar-refractivity contribution is -0.185. The van der Waals surface area contributed by atoms with Crippen molar-refractivity contribution in [2.75, 3.05) is 13.2 Å². The van der Waals surface area contributed by atoms with E-state index < -0.39 is 17.6 Å². The average molecular weight is 466 g/mol. The third-order valence-corrected chi connectivity index (χ3v) is 9.03. The van der Waals surface area contributed by atoms with Crippen molar-refractivity contribution in [2.45, 2.75) is 64.1 Å². The van der Waals surface area contributed by atoms with Crippen LogP contribution in [0, 0.1) is 22.7 Å². The molecule has 6 atom stereocenters. The maximum Gasteiger partial charge on any atom is 0.220 e. The fourth-order valence-electron chi connectivity index (χ4n) is 6.89. The molecule has 2 aromatic rings. The molecule has 0 aliphatic heterocycles. The summed E-state index contributed by atoms with van der Waals surface area (Å²) in [6.45, 7) is 4.51. The van der Waals surface area contributed by atoms with Gasteiger partial charge in [-0.15, -0.1) is 0 Å². The molecule has 4 N–H and O–H groups in total. The molecule has 2 fully saturated rings. The Hall–Kier alpha value is -2.21. The largest absolute Gasteiger partial charge is 0.396 e. The van der Waals surface area contributed by atoms with Crippen LogP contribution in [-0.4, -0.2) is 46.6 Å². The minimum atomic E-state index is -0.604. The molecule has 184 valence electrons. The van der Waals surface area contributed by atoms with E-state index in [-0.39, 0.29) is 42.1 Å². The highest BCUT2D eigenvalue weighted by molar-refractivity contribution is 5.76. The van der Waals surface area contributed by atoms with Crippen LogP contribution in [0.3, 0.4) is 0 Å². The quantitative estimate of drug-likeness (QED) is 0.500. The van der Waals surface area contributed by atoms with Gasteiger partial charge in [0.25, 0.3) is 0 Å². The van der Waals surface area contributed by atoms with Crippen molar-refractivity contribution >= 4 is 5.91 Å². The molecule has 0 heterocycles. The minimum absolute atomic E-state index is 0.0495. The van der Waals surface area contributed by atoms with Gasteiger partial charge in [-0.1, -0.05) is 74.5 Å². The first-order valence-electron chi connectivity index (χ1n) is 12.6. The van der Waals surface area contributed by atoms with Crippen molar-refractivity contribution in [3.63, 3.8) is 0 Å². The molecule has 0 spiro atoms. The Morgan fingerprint density at radius 1 is 0.971 bits per heavy atom. The lowest BCUT2D eigenvalue weighted by Gasteiger charge is -2.60. The standard InChI is InChI=1S/C29H39NO4/c1-28-16-15-26(33)29(2,19-31)25(28)14-13-24(32)23(28)17-27(34)30-18-22(20-9-5-3-6-10-20)21-11-7-4-8-12-21/h3-12,22-26,31-33H,13-19H2,1-2H3,(H,30,34)/t23-,24-,25-,26-,28+,29+/m1/s1. The second-order valence-corrected chi connectivity index (χ2v) is 10.9. The number of benzene rings is 2. The average Bonchev–Trinajstić information content (AvgIpc) is 2.85. The molecule has 0 bridgehead atoms. The van der Waals surface area contributed by atoms with Crippen LogP contribution in [0.2, 0.25) is 0 Å². The first kappa shape index (κ1) is 24.9. The molecule has 4 rings (SSSR count). The number of aliphatic hydroxyl groups excluding tert-OH is 3. The van der Waals surface area contributed by atoms with E-state index in [0.29, 0.717) is 19.4 Å². The van der Waals surface area contributed by atoms with Gasteiger partial charge in [-0.05, 0) is 54.1 Å². The summed E-state index contributed by atoms with van der Waals surface area (Å²) in [6.07, 6.45) is 1.83. The minimum Gasteiger partial charge on any atom is -0.396 e. The third kappa shape index (κ3) is 4.66. The van der Waals surface area contributed by atoms with Crippen LogP contribution >= 0.6 is 0 Å². The maximum absolute atomic E-state index is 13.2. The van der Waals surface area contributed by atoms with Crippen molar-refractivity contribution in [2.24, 2.45) is 22.7 Å². The van der Waals surface area contributed by atoms with Crippen LogP contribution in [0.5, 0.6) is 0 Å². The van der Waals surface area contributed by atoms with E-state index in [2.05, 4.69) is 36.5 Å². The molecular weight excluding hydrogens is 426 g/mol. The molecule has 2 aromatic carbocycles. The first-order chi connectivity index (χ1) is 16.3. The monoisotopic (exact) mass is 465 g/mol. The van der Waals surface area contributed by atoms with Crippen LogP contribution in [0.25, 0.3) is 0 Å². The van der Waals surface area contributed by atoms with Crippen molar-refractivity contribution in [1.29, 1.82) is 0 Å². The van der Waals surface area contributed by atoms with Crippen LogP contribution < -0.4 is 5.32 Å².